The lowest BCUT2D eigenvalue weighted by molar-refractivity contribution is 0.583. The molecule has 0 saturated carbocycles. The molecule has 0 radical (unpaired) electrons. The predicted octanol–water partition coefficient (Wildman–Crippen LogP) is 1.49. The minimum absolute atomic E-state index is 0.0949. The number of rotatable bonds is 1. The molecule has 0 aromatic heterocycles. The third kappa shape index (κ3) is 1.69. The maximum absolute atomic E-state index is 4.27. The van der Waals surface area contributed by atoms with Gasteiger partial charge in [-0.2, -0.15) is 0 Å². The van der Waals surface area contributed by atoms with Crippen LogP contribution in [-0.2, 0) is 0 Å². The fourth-order valence-electron chi connectivity index (χ4n) is 1.60. The molecule has 13 heavy (non-hydrogen) atoms. The van der Waals surface area contributed by atoms with Crippen molar-refractivity contribution in [3.8, 4) is 0 Å². The average Bonchev–Trinajstić information content (AvgIpc) is 2.20. The van der Waals surface area contributed by atoms with Crippen LogP contribution in [0.15, 0.2) is 33.8 Å². The van der Waals surface area contributed by atoms with Gasteiger partial charge in [0.25, 0.3) is 0 Å². The van der Waals surface area contributed by atoms with Gasteiger partial charge < -0.3 is 5.32 Å². The lowest BCUT2D eigenvalue weighted by atomic mass is 9.91. The van der Waals surface area contributed by atoms with E-state index in [0.29, 0.717) is 5.92 Å². The minimum atomic E-state index is 0.0949. The fraction of sp³-hybridized carbons (Fsp3) is 0.400. The first-order chi connectivity index (χ1) is 6.38. The molecule has 3 heteroatoms. The van der Waals surface area contributed by atoms with Crippen molar-refractivity contribution in [1.29, 1.82) is 0 Å². The molecular formula is C10H13N3. The van der Waals surface area contributed by atoms with Crippen LogP contribution in [0.4, 0.5) is 0 Å². The summed E-state index contributed by atoms with van der Waals surface area (Å²) in [5, 5.41) is 3.13. The van der Waals surface area contributed by atoms with Crippen LogP contribution in [-0.4, -0.2) is 18.8 Å². The molecule has 2 atom stereocenters. The molecule has 1 aliphatic heterocycles. The van der Waals surface area contributed by atoms with Crippen LogP contribution in [0.2, 0.25) is 0 Å². The van der Waals surface area contributed by atoms with Crippen molar-refractivity contribution >= 4 is 12.7 Å². The highest BCUT2D eigenvalue weighted by Crippen LogP contribution is 2.23. The molecule has 1 aliphatic carbocycles. The van der Waals surface area contributed by atoms with Crippen LogP contribution in [0.25, 0.3) is 0 Å². The van der Waals surface area contributed by atoms with E-state index in [1.165, 1.54) is 5.57 Å². The van der Waals surface area contributed by atoms with Gasteiger partial charge in [0.1, 0.15) is 12.5 Å². The Balaban J connectivity index is 2.15. The van der Waals surface area contributed by atoms with Crippen molar-refractivity contribution in [3.63, 3.8) is 0 Å². The van der Waals surface area contributed by atoms with E-state index in [-0.39, 0.29) is 6.17 Å². The Morgan fingerprint density at radius 2 is 2.46 bits per heavy atom. The van der Waals surface area contributed by atoms with E-state index in [4.69, 9.17) is 0 Å². The summed E-state index contributed by atoms with van der Waals surface area (Å²) in [7, 11) is 0. The molecular weight excluding hydrogens is 162 g/mol. The zero-order valence-corrected chi connectivity index (χ0v) is 7.64. The van der Waals surface area contributed by atoms with Gasteiger partial charge in [0.2, 0.25) is 0 Å². The molecule has 2 rings (SSSR count). The first kappa shape index (κ1) is 8.23. The SMILES string of the molecule is C[C@@H]1CC=CC=C1[C@H]1N=CN=CN1. The summed E-state index contributed by atoms with van der Waals surface area (Å²) in [6, 6.07) is 0. The van der Waals surface area contributed by atoms with E-state index < -0.39 is 0 Å². The summed E-state index contributed by atoms with van der Waals surface area (Å²) in [5.41, 5.74) is 1.34. The minimum Gasteiger partial charge on any atom is -0.351 e. The van der Waals surface area contributed by atoms with Gasteiger partial charge in [0, 0.05) is 0 Å². The fourth-order valence-corrected chi connectivity index (χ4v) is 1.60. The molecule has 1 N–H and O–H groups in total. The molecule has 0 amide bonds. The second-order valence-corrected chi connectivity index (χ2v) is 3.34. The van der Waals surface area contributed by atoms with Crippen LogP contribution in [0.5, 0.6) is 0 Å². The van der Waals surface area contributed by atoms with E-state index in [2.05, 4.69) is 40.5 Å². The van der Waals surface area contributed by atoms with E-state index in [1.54, 1.807) is 12.7 Å². The first-order valence-electron chi connectivity index (χ1n) is 4.54. The number of nitrogens with one attached hydrogen (secondary N) is 1. The summed E-state index contributed by atoms with van der Waals surface area (Å²) in [6.07, 6.45) is 10.9. The van der Waals surface area contributed by atoms with E-state index >= 15 is 0 Å². The van der Waals surface area contributed by atoms with Crippen molar-refractivity contribution in [1.82, 2.24) is 5.32 Å². The molecule has 0 bridgehead atoms. The molecule has 0 saturated heterocycles. The Labute approximate surface area is 78.0 Å². The summed E-state index contributed by atoms with van der Waals surface area (Å²) in [4.78, 5) is 8.14. The largest absolute Gasteiger partial charge is 0.351 e. The van der Waals surface area contributed by atoms with Gasteiger partial charge in [0.15, 0.2) is 0 Å². The summed E-state index contributed by atoms with van der Waals surface area (Å²) in [5.74, 6) is 0.575. The average molecular weight is 175 g/mol. The lowest BCUT2D eigenvalue weighted by Gasteiger charge is -2.24. The summed E-state index contributed by atoms with van der Waals surface area (Å²) >= 11 is 0. The topological polar surface area (TPSA) is 36.8 Å². The Bertz CT molecular complexity index is 299. The molecule has 0 aromatic carbocycles. The molecule has 0 aromatic rings. The third-order valence-electron chi connectivity index (χ3n) is 2.39. The highest BCUT2D eigenvalue weighted by Gasteiger charge is 2.18. The van der Waals surface area contributed by atoms with Crippen LogP contribution in [0, 0.1) is 5.92 Å². The van der Waals surface area contributed by atoms with Gasteiger partial charge >= 0.3 is 0 Å². The van der Waals surface area contributed by atoms with Crippen LogP contribution >= 0.6 is 0 Å². The van der Waals surface area contributed by atoms with Crippen molar-refractivity contribution in [3.05, 3.63) is 23.8 Å². The number of allylic oxidation sites excluding steroid dienone is 3. The second-order valence-electron chi connectivity index (χ2n) is 3.34. The van der Waals surface area contributed by atoms with Gasteiger partial charge in [-0.05, 0) is 17.9 Å². The molecule has 0 unspecified atom stereocenters. The number of hydrogen-bond donors (Lipinski definition) is 1. The first-order valence-corrected chi connectivity index (χ1v) is 4.54. The van der Waals surface area contributed by atoms with Crippen LogP contribution in [0.3, 0.4) is 0 Å². The Morgan fingerprint density at radius 1 is 1.54 bits per heavy atom. The van der Waals surface area contributed by atoms with Crippen LogP contribution in [0.1, 0.15) is 13.3 Å². The normalized spacial score (nSPS) is 31.3. The van der Waals surface area contributed by atoms with Crippen molar-refractivity contribution < 1.29 is 0 Å². The smallest absolute Gasteiger partial charge is 0.143 e. The van der Waals surface area contributed by atoms with E-state index in [9.17, 15) is 0 Å². The predicted molar refractivity (Wildman–Crippen MR) is 54.9 cm³/mol. The standard InChI is InChI=1S/C10H13N3/c1-8-4-2-3-5-9(8)10-12-6-11-7-13-10/h2-3,5-8,10H,4H2,1H3,(H,11,12,13)/t8-/m1/s1. The molecule has 2 aliphatic rings. The second kappa shape index (κ2) is 3.56. The van der Waals surface area contributed by atoms with Gasteiger partial charge in [-0.25, -0.2) is 9.98 Å². The highest BCUT2D eigenvalue weighted by atomic mass is 15.1. The molecule has 3 nitrogen and oxygen atoms in total. The maximum atomic E-state index is 4.27. The monoisotopic (exact) mass is 175 g/mol. The number of hydrogen-bond acceptors (Lipinski definition) is 3. The van der Waals surface area contributed by atoms with E-state index in [0.717, 1.165) is 6.42 Å². The third-order valence-corrected chi connectivity index (χ3v) is 2.39. The Kier molecular flexibility index (Phi) is 2.25. The number of aliphatic imine (C=N–C) groups is 2. The molecule has 0 fully saturated rings. The van der Waals surface area contributed by atoms with Crippen molar-refractivity contribution in [2.45, 2.75) is 19.5 Å². The zero-order chi connectivity index (χ0) is 9.10. The Hall–Kier alpha value is -1.38. The zero-order valence-electron chi connectivity index (χ0n) is 7.64. The van der Waals surface area contributed by atoms with Gasteiger partial charge in [-0.1, -0.05) is 25.2 Å². The summed E-state index contributed by atoms with van der Waals surface area (Å²) < 4.78 is 0. The number of nitrogens with zero attached hydrogens (tertiary/aromatic N) is 2. The highest BCUT2D eigenvalue weighted by molar-refractivity contribution is 5.74. The molecule has 0 spiro atoms. The quantitative estimate of drug-likeness (QED) is 0.644. The van der Waals surface area contributed by atoms with Crippen molar-refractivity contribution in [2.75, 3.05) is 0 Å². The lowest BCUT2D eigenvalue weighted by Crippen LogP contribution is -2.33. The van der Waals surface area contributed by atoms with Gasteiger partial charge in [0.05, 0.1) is 6.34 Å². The van der Waals surface area contributed by atoms with Crippen molar-refractivity contribution in [2.24, 2.45) is 15.9 Å². The maximum Gasteiger partial charge on any atom is 0.143 e. The van der Waals surface area contributed by atoms with E-state index in [1.807, 2.05) is 0 Å². The van der Waals surface area contributed by atoms with Gasteiger partial charge in [-0.15, -0.1) is 0 Å². The summed E-state index contributed by atoms with van der Waals surface area (Å²) in [6.45, 7) is 2.22. The molecule has 68 valence electrons. The van der Waals surface area contributed by atoms with Gasteiger partial charge in [-0.3, -0.25) is 0 Å². The Morgan fingerprint density at radius 3 is 3.15 bits per heavy atom. The van der Waals surface area contributed by atoms with Crippen LogP contribution < -0.4 is 5.32 Å². The molecule has 1 heterocycles.